The predicted molar refractivity (Wildman–Crippen MR) is 76.7 cm³/mol. The van der Waals surface area contributed by atoms with E-state index in [0.29, 0.717) is 6.61 Å². The molecule has 96 valence electrons. The van der Waals surface area contributed by atoms with Crippen LogP contribution in [0.2, 0.25) is 0 Å². The minimum absolute atomic E-state index is 0.120. The average molecular weight is 253 g/mol. The summed E-state index contributed by atoms with van der Waals surface area (Å²) in [5.41, 5.74) is 7.33. The summed E-state index contributed by atoms with van der Waals surface area (Å²) in [7, 11) is 0. The Morgan fingerprint density at radius 2 is 1.82 bits per heavy atom. The van der Waals surface area contributed by atoms with Crippen molar-refractivity contribution in [3.8, 4) is 5.75 Å². The molecule has 3 heteroatoms. The van der Waals surface area contributed by atoms with Crippen LogP contribution in [0.15, 0.2) is 24.3 Å². The molecule has 1 rings (SSSR count). The summed E-state index contributed by atoms with van der Waals surface area (Å²) in [6.45, 7) is 7.16. The van der Waals surface area contributed by atoms with E-state index in [1.807, 2.05) is 30.8 Å². The Hall–Kier alpha value is -0.670. The minimum Gasteiger partial charge on any atom is -0.494 e. The van der Waals surface area contributed by atoms with Gasteiger partial charge in [0.1, 0.15) is 5.75 Å². The van der Waals surface area contributed by atoms with Gasteiger partial charge in [-0.3, -0.25) is 0 Å². The fourth-order valence-electron chi connectivity index (χ4n) is 1.50. The van der Waals surface area contributed by atoms with Crippen LogP contribution in [0.4, 0.5) is 0 Å². The summed E-state index contributed by atoms with van der Waals surface area (Å²) in [6, 6.07) is 8.23. The zero-order valence-corrected chi connectivity index (χ0v) is 11.8. The van der Waals surface area contributed by atoms with Gasteiger partial charge in [0.25, 0.3) is 0 Å². The van der Waals surface area contributed by atoms with Gasteiger partial charge in [-0.15, -0.1) is 0 Å². The molecular weight excluding hydrogens is 230 g/mol. The van der Waals surface area contributed by atoms with Crippen molar-refractivity contribution < 1.29 is 4.74 Å². The van der Waals surface area contributed by atoms with E-state index >= 15 is 0 Å². The Balaban J connectivity index is 2.43. The number of hydrogen-bond acceptors (Lipinski definition) is 3. The van der Waals surface area contributed by atoms with Crippen LogP contribution < -0.4 is 10.5 Å². The third kappa shape index (κ3) is 5.46. The third-order valence-electron chi connectivity index (χ3n) is 2.37. The summed E-state index contributed by atoms with van der Waals surface area (Å²) in [5.74, 6) is 3.79. The molecule has 0 amide bonds. The Bertz CT molecular complexity index is 311. The monoisotopic (exact) mass is 253 g/mol. The summed E-state index contributed by atoms with van der Waals surface area (Å²) in [5, 5.41) is 0. The molecule has 0 aliphatic rings. The van der Waals surface area contributed by atoms with E-state index in [1.165, 1.54) is 11.3 Å². The summed E-state index contributed by atoms with van der Waals surface area (Å²) >= 11 is 1.92. The van der Waals surface area contributed by atoms with Crippen LogP contribution in [0.3, 0.4) is 0 Å². The fourth-order valence-corrected chi connectivity index (χ4v) is 2.56. The Morgan fingerprint density at radius 3 is 2.35 bits per heavy atom. The molecule has 0 spiro atoms. The second kappa shape index (κ2) is 7.62. The lowest BCUT2D eigenvalue weighted by molar-refractivity contribution is 0.340. The zero-order chi connectivity index (χ0) is 12.7. The maximum absolute atomic E-state index is 6.14. The molecule has 1 unspecified atom stereocenters. The topological polar surface area (TPSA) is 35.2 Å². The standard InChI is InChI=1S/C14H23NOS/c1-4-16-13-7-5-12(6-8-13)14(15)10-17-9-11(2)3/h5-8,11,14H,4,9-10,15H2,1-3H3. The predicted octanol–water partition coefficient (Wildman–Crippen LogP) is 3.47. The van der Waals surface area contributed by atoms with Crippen LogP contribution in [0, 0.1) is 5.92 Å². The van der Waals surface area contributed by atoms with E-state index in [2.05, 4.69) is 26.0 Å². The fraction of sp³-hybridized carbons (Fsp3) is 0.571. The van der Waals surface area contributed by atoms with Gasteiger partial charge in [0, 0.05) is 11.8 Å². The van der Waals surface area contributed by atoms with Gasteiger partial charge in [0.05, 0.1) is 6.61 Å². The smallest absolute Gasteiger partial charge is 0.119 e. The van der Waals surface area contributed by atoms with Crippen molar-refractivity contribution in [2.75, 3.05) is 18.1 Å². The maximum Gasteiger partial charge on any atom is 0.119 e. The molecule has 2 nitrogen and oxygen atoms in total. The molecule has 1 aromatic rings. The Kier molecular flexibility index (Phi) is 6.45. The number of hydrogen-bond donors (Lipinski definition) is 1. The van der Waals surface area contributed by atoms with Crippen molar-refractivity contribution in [3.63, 3.8) is 0 Å². The number of thioether (sulfide) groups is 1. The van der Waals surface area contributed by atoms with E-state index in [1.54, 1.807) is 0 Å². The van der Waals surface area contributed by atoms with Gasteiger partial charge in [0.15, 0.2) is 0 Å². The van der Waals surface area contributed by atoms with Crippen molar-refractivity contribution in [1.29, 1.82) is 0 Å². The van der Waals surface area contributed by atoms with E-state index in [0.717, 1.165) is 17.4 Å². The normalized spacial score (nSPS) is 12.8. The van der Waals surface area contributed by atoms with Gasteiger partial charge in [-0.2, -0.15) is 11.8 Å². The second-order valence-electron chi connectivity index (χ2n) is 4.54. The van der Waals surface area contributed by atoms with Gasteiger partial charge in [-0.1, -0.05) is 26.0 Å². The maximum atomic E-state index is 6.14. The summed E-state index contributed by atoms with van der Waals surface area (Å²) in [4.78, 5) is 0. The van der Waals surface area contributed by atoms with Gasteiger partial charge >= 0.3 is 0 Å². The minimum atomic E-state index is 0.120. The molecule has 0 heterocycles. The molecule has 0 saturated heterocycles. The SMILES string of the molecule is CCOc1ccc(C(N)CSCC(C)C)cc1. The summed E-state index contributed by atoms with van der Waals surface area (Å²) < 4.78 is 5.41. The zero-order valence-electron chi connectivity index (χ0n) is 11.0. The summed E-state index contributed by atoms with van der Waals surface area (Å²) in [6.07, 6.45) is 0. The third-order valence-corrected chi connectivity index (χ3v) is 3.87. The van der Waals surface area contributed by atoms with Crippen LogP contribution in [0.5, 0.6) is 5.75 Å². The highest BCUT2D eigenvalue weighted by Crippen LogP contribution is 2.20. The van der Waals surface area contributed by atoms with Gasteiger partial charge < -0.3 is 10.5 Å². The molecule has 0 aliphatic heterocycles. The molecule has 0 radical (unpaired) electrons. The highest BCUT2D eigenvalue weighted by Gasteiger charge is 2.06. The lowest BCUT2D eigenvalue weighted by Gasteiger charge is -2.13. The second-order valence-corrected chi connectivity index (χ2v) is 5.61. The van der Waals surface area contributed by atoms with E-state index in [4.69, 9.17) is 10.5 Å². The molecule has 0 fully saturated rings. The van der Waals surface area contributed by atoms with Crippen molar-refractivity contribution in [2.45, 2.75) is 26.8 Å². The first-order chi connectivity index (χ1) is 8.13. The Labute approximate surface area is 109 Å². The molecule has 1 atom stereocenters. The van der Waals surface area contributed by atoms with Crippen LogP contribution in [0.25, 0.3) is 0 Å². The first-order valence-electron chi connectivity index (χ1n) is 6.19. The molecule has 0 aliphatic carbocycles. The van der Waals surface area contributed by atoms with Crippen LogP contribution in [0.1, 0.15) is 32.4 Å². The van der Waals surface area contributed by atoms with Gasteiger partial charge in [0.2, 0.25) is 0 Å². The van der Waals surface area contributed by atoms with Gasteiger partial charge in [-0.25, -0.2) is 0 Å². The molecular formula is C14H23NOS. The van der Waals surface area contributed by atoms with E-state index in [9.17, 15) is 0 Å². The largest absolute Gasteiger partial charge is 0.494 e. The van der Waals surface area contributed by atoms with Crippen molar-refractivity contribution >= 4 is 11.8 Å². The van der Waals surface area contributed by atoms with Crippen LogP contribution in [-0.2, 0) is 0 Å². The lowest BCUT2D eigenvalue weighted by atomic mass is 10.1. The Morgan fingerprint density at radius 1 is 1.18 bits per heavy atom. The van der Waals surface area contributed by atoms with Crippen molar-refractivity contribution in [1.82, 2.24) is 0 Å². The molecule has 0 bridgehead atoms. The molecule has 17 heavy (non-hydrogen) atoms. The number of ether oxygens (including phenoxy) is 1. The van der Waals surface area contributed by atoms with Crippen LogP contribution in [-0.4, -0.2) is 18.1 Å². The lowest BCUT2D eigenvalue weighted by Crippen LogP contribution is -2.13. The number of rotatable bonds is 7. The molecule has 0 aromatic heterocycles. The quantitative estimate of drug-likeness (QED) is 0.808. The highest BCUT2D eigenvalue weighted by atomic mass is 32.2. The molecule has 0 saturated carbocycles. The van der Waals surface area contributed by atoms with Crippen LogP contribution >= 0.6 is 11.8 Å². The first kappa shape index (κ1) is 14.4. The van der Waals surface area contributed by atoms with Gasteiger partial charge in [-0.05, 0) is 36.3 Å². The van der Waals surface area contributed by atoms with Crippen molar-refractivity contribution in [3.05, 3.63) is 29.8 Å². The number of benzene rings is 1. The van der Waals surface area contributed by atoms with E-state index in [-0.39, 0.29) is 6.04 Å². The molecule has 2 N–H and O–H groups in total. The number of nitrogens with two attached hydrogens (primary N) is 1. The van der Waals surface area contributed by atoms with Crippen molar-refractivity contribution in [2.24, 2.45) is 11.7 Å². The van der Waals surface area contributed by atoms with E-state index < -0.39 is 0 Å². The first-order valence-corrected chi connectivity index (χ1v) is 7.35. The average Bonchev–Trinajstić information content (AvgIpc) is 2.30. The molecule has 1 aromatic carbocycles. The highest BCUT2D eigenvalue weighted by molar-refractivity contribution is 7.99.